The zero-order valence-corrected chi connectivity index (χ0v) is 29.9. The fraction of sp³-hybridized carbons (Fsp3) is 0.512. The first-order chi connectivity index (χ1) is 24.7. The van der Waals surface area contributed by atoms with Crippen LogP contribution in [0.4, 0.5) is 5.82 Å². The number of aromatic hydroxyl groups is 1. The second kappa shape index (κ2) is 16.0. The van der Waals surface area contributed by atoms with Crippen molar-refractivity contribution in [2.75, 3.05) is 19.5 Å². The van der Waals surface area contributed by atoms with Crippen LogP contribution in [0.3, 0.4) is 0 Å². The Morgan fingerprint density at radius 3 is 2.47 bits per heavy atom. The van der Waals surface area contributed by atoms with Gasteiger partial charge >= 0.3 is 0 Å². The number of ether oxygens (including phenoxy) is 1. The molecular weight excluding hydrogens is 640 g/mol. The zero-order chi connectivity index (χ0) is 36.1. The third-order valence-electron chi connectivity index (χ3n) is 12.2. The van der Waals surface area contributed by atoms with Crippen LogP contribution in [-0.2, 0) is 21.4 Å². The van der Waals surface area contributed by atoms with E-state index in [4.69, 9.17) is 10.5 Å². The van der Waals surface area contributed by atoms with Gasteiger partial charge in [-0.05, 0) is 115 Å². The number of nitrogens with zero attached hydrogens (tertiary/aromatic N) is 1. The number of carbonyl (C=O) groups excluding carboxylic acids is 2. The smallest absolute Gasteiger partial charge is 0.173 e. The van der Waals surface area contributed by atoms with Crippen molar-refractivity contribution in [3.8, 4) is 23.3 Å². The van der Waals surface area contributed by atoms with Crippen LogP contribution in [0.1, 0.15) is 99.3 Å². The van der Waals surface area contributed by atoms with Gasteiger partial charge in [-0.15, -0.1) is 0 Å². The molecule has 2 saturated carbocycles. The van der Waals surface area contributed by atoms with E-state index < -0.39 is 35.4 Å². The lowest BCUT2D eigenvalue weighted by atomic mass is 9.63. The van der Waals surface area contributed by atoms with Crippen molar-refractivity contribution in [3.63, 3.8) is 0 Å². The van der Waals surface area contributed by atoms with Gasteiger partial charge < -0.3 is 25.8 Å². The Labute approximate surface area is 301 Å². The molecule has 3 aliphatic carbocycles. The normalized spacial score (nSPS) is 27.1. The fourth-order valence-corrected chi connectivity index (χ4v) is 9.58. The van der Waals surface area contributed by atoms with Crippen LogP contribution in [0.15, 0.2) is 60.8 Å². The lowest BCUT2D eigenvalue weighted by molar-refractivity contribution is -0.142. The van der Waals surface area contributed by atoms with Crippen LogP contribution in [0, 0.1) is 41.4 Å². The maximum Gasteiger partial charge on any atom is 0.173 e. The summed E-state index contributed by atoms with van der Waals surface area (Å²) >= 11 is 0. The number of carbonyl (C=O) groups is 2. The number of phenols is 1. The first kappa shape index (κ1) is 36.6. The predicted octanol–water partition coefficient (Wildman–Crippen LogP) is 6.53. The van der Waals surface area contributed by atoms with Crippen LogP contribution in [0.25, 0.3) is 0 Å². The van der Waals surface area contributed by atoms with Gasteiger partial charge in [-0.3, -0.25) is 9.59 Å². The molecule has 0 bridgehead atoms. The maximum atomic E-state index is 14.5. The summed E-state index contributed by atoms with van der Waals surface area (Å²) in [6.07, 6.45) is 7.91. The number of hydrogen-bond acceptors (Lipinski definition) is 8. The fourth-order valence-electron chi connectivity index (χ4n) is 9.58. The van der Waals surface area contributed by atoms with Gasteiger partial charge in [0.1, 0.15) is 5.82 Å². The van der Waals surface area contributed by atoms with Gasteiger partial charge in [-0.1, -0.05) is 68.4 Å². The highest BCUT2D eigenvalue weighted by Gasteiger charge is 2.49. The van der Waals surface area contributed by atoms with Crippen molar-refractivity contribution < 1.29 is 29.6 Å². The number of phenolic OH excluding ortho intramolecular Hbond substituents is 1. The molecule has 51 heavy (non-hydrogen) atoms. The highest BCUT2D eigenvalue weighted by Crippen LogP contribution is 2.54. The SMILES string of the molecule is CCCC(CO)C1CC2C(=O)C(O)C(=O)CCc3cc(OC)c(O)cc3C(c3ccccc3)C#CC2CC(C2(c3ccnc(N)c3)CCCC2)C1. The number of hydrogen-bond donors (Lipinski definition) is 4. The number of rotatable bonds is 8. The molecular formula is C43H52N2O6. The molecule has 0 amide bonds. The van der Waals surface area contributed by atoms with Crippen molar-refractivity contribution >= 4 is 17.4 Å². The summed E-state index contributed by atoms with van der Waals surface area (Å²) in [5.74, 6) is 5.50. The molecule has 0 aliphatic heterocycles. The Bertz CT molecular complexity index is 1760. The van der Waals surface area contributed by atoms with Crippen LogP contribution in [0.5, 0.6) is 11.5 Å². The number of aromatic nitrogens is 1. The Kier molecular flexibility index (Phi) is 11.5. The molecule has 7 unspecified atom stereocenters. The third kappa shape index (κ3) is 7.56. The zero-order valence-electron chi connectivity index (χ0n) is 29.9. The molecule has 5 N–H and O–H groups in total. The Morgan fingerprint density at radius 2 is 1.78 bits per heavy atom. The van der Waals surface area contributed by atoms with Crippen LogP contribution >= 0.6 is 0 Å². The summed E-state index contributed by atoms with van der Waals surface area (Å²) in [7, 11) is 1.48. The number of Topliss-reactive ketones (excluding diaryl/α,β-unsaturated/α-hetero) is 2. The minimum Gasteiger partial charge on any atom is -0.504 e. The second-order valence-electron chi connectivity index (χ2n) is 15.1. The number of benzene rings is 2. The van der Waals surface area contributed by atoms with Gasteiger partial charge in [0.2, 0.25) is 0 Å². The van der Waals surface area contributed by atoms with Gasteiger partial charge in [0, 0.05) is 31.1 Å². The van der Waals surface area contributed by atoms with Gasteiger partial charge in [-0.2, -0.15) is 0 Å². The number of anilines is 1. The standard InChI is InChI=1S/C43H52N2O6/c1-3-9-30(26-46)31-21-33(43(17-7-8-18-43)32-16-19-45-40(44)24-32)20-28-12-14-34(27-10-5-4-6-11-27)35-25-38(48)39(51-2)23-29(35)13-15-37(47)42(50)41(49)36(28)22-31/h4-6,10-11,16,19,23-25,28,30-31,33-34,36,42,46,48,50H,3,7-9,13,15,17-18,20-22,26H2,1-2H3,(H2,44,45). The summed E-state index contributed by atoms with van der Waals surface area (Å²) < 4.78 is 5.44. The molecule has 2 fully saturated rings. The topological polar surface area (TPSA) is 143 Å². The number of aliphatic hydroxyl groups excluding tert-OH is 2. The van der Waals surface area contributed by atoms with E-state index >= 15 is 0 Å². The number of nitrogens with two attached hydrogens (primary N) is 1. The molecule has 1 aromatic heterocycles. The minimum absolute atomic E-state index is 0.00243. The minimum atomic E-state index is -1.76. The van der Waals surface area contributed by atoms with Crippen molar-refractivity contribution in [1.29, 1.82) is 0 Å². The Balaban J connectivity index is 1.55. The molecule has 2 aromatic carbocycles. The van der Waals surface area contributed by atoms with E-state index in [9.17, 15) is 24.9 Å². The summed E-state index contributed by atoms with van der Waals surface area (Å²) in [6.45, 7) is 2.13. The molecule has 3 aromatic rings. The van der Waals surface area contributed by atoms with Gasteiger partial charge in [0.05, 0.1) is 13.0 Å². The summed E-state index contributed by atoms with van der Waals surface area (Å²) in [5.41, 5.74) is 9.71. The third-order valence-corrected chi connectivity index (χ3v) is 12.2. The largest absolute Gasteiger partial charge is 0.504 e. The molecule has 0 radical (unpaired) electrons. The molecule has 7 atom stereocenters. The summed E-state index contributed by atoms with van der Waals surface area (Å²) in [5, 5.41) is 33.1. The van der Waals surface area contributed by atoms with Gasteiger partial charge in [0.15, 0.2) is 29.2 Å². The first-order valence-corrected chi connectivity index (χ1v) is 18.7. The predicted molar refractivity (Wildman–Crippen MR) is 197 cm³/mol. The summed E-state index contributed by atoms with van der Waals surface area (Å²) in [6, 6.07) is 17.4. The van der Waals surface area contributed by atoms with Crippen LogP contribution < -0.4 is 10.5 Å². The average Bonchev–Trinajstić information content (AvgIpc) is 3.57. The quantitative estimate of drug-likeness (QED) is 0.154. The number of aliphatic hydroxyl groups is 2. The van der Waals surface area contributed by atoms with Crippen molar-refractivity contribution in [3.05, 3.63) is 83.0 Å². The lowest BCUT2D eigenvalue weighted by Gasteiger charge is -2.41. The number of pyridine rings is 1. The van der Waals surface area contributed by atoms with E-state index in [0.29, 0.717) is 18.7 Å². The number of aryl methyl sites for hydroxylation is 1. The van der Waals surface area contributed by atoms with Crippen molar-refractivity contribution in [2.24, 2.45) is 29.6 Å². The molecule has 3 aliphatic rings. The molecule has 1 heterocycles. The van der Waals surface area contributed by atoms with Gasteiger partial charge in [0.25, 0.3) is 0 Å². The Morgan fingerprint density at radius 1 is 1.02 bits per heavy atom. The van der Waals surface area contributed by atoms with E-state index in [-0.39, 0.29) is 54.1 Å². The molecule has 0 saturated heterocycles. The number of methoxy groups -OCH3 is 1. The van der Waals surface area contributed by atoms with Gasteiger partial charge in [-0.25, -0.2) is 4.98 Å². The van der Waals surface area contributed by atoms with E-state index in [0.717, 1.165) is 67.2 Å². The molecule has 0 spiro atoms. The molecule has 270 valence electrons. The molecule has 6 rings (SSSR count). The number of ketones is 2. The first-order valence-electron chi connectivity index (χ1n) is 18.7. The van der Waals surface area contributed by atoms with E-state index in [2.05, 4.69) is 29.8 Å². The summed E-state index contributed by atoms with van der Waals surface area (Å²) in [4.78, 5) is 32.4. The van der Waals surface area contributed by atoms with E-state index in [1.54, 1.807) is 18.3 Å². The molecule has 8 nitrogen and oxygen atoms in total. The highest BCUT2D eigenvalue weighted by atomic mass is 16.5. The Hall–Kier alpha value is -4.19. The number of nitrogen functional groups attached to an aromatic ring is 1. The van der Waals surface area contributed by atoms with Crippen LogP contribution in [0.2, 0.25) is 0 Å². The van der Waals surface area contributed by atoms with Crippen LogP contribution in [-0.4, -0.2) is 51.7 Å². The van der Waals surface area contributed by atoms with E-state index in [1.807, 2.05) is 36.4 Å². The second-order valence-corrected chi connectivity index (χ2v) is 15.1. The number of fused-ring (bicyclic) bond motifs is 2. The lowest BCUT2D eigenvalue weighted by Crippen LogP contribution is -2.39. The average molecular weight is 693 g/mol. The molecule has 8 heteroatoms. The highest BCUT2D eigenvalue weighted by molar-refractivity contribution is 6.06. The van der Waals surface area contributed by atoms with Crippen molar-refractivity contribution in [2.45, 2.75) is 95.0 Å². The monoisotopic (exact) mass is 692 g/mol. The van der Waals surface area contributed by atoms with E-state index in [1.165, 1.54) is 7.11 Å². The van der Waals surface area contributed by atoms with Crippen molar-refractivity contribution in [1.82, 2.24) is 4.98 Å². The maximum absolute atomic E-state index is 14.5.